The SMILES string of the molecule is COc1ccc2nccc([C@@H](O)CC[C@@H]3CCN(CCCSc4ncccc4F)C[C@@H]3CO)c2c1. The maximum absolute atomic E-state index is 13.7. The molecule has 1 saturated heterocycles. The van der Waals surface area contributed by atoms with Gasteiger partial charge in [-0.15, -0.1) is 11.8 Å². The minimum atomic E-state index is -0.589. The lowest BCUT2D eigenvalue weighted by Crippen LogP contribution is -2.42. The fourth-order valence-corrected chi connectivity index (χ4v) is 5.78. The fraction of sp³-hybridized carbons (Fsp3) is 0.481. The quantitative estimate of drug-likeness (QED) is 0.292. The number of ether oxygens (including phenoxy) is 1. The molecule has 2 N–H and O–H groups in total. The monoisotopic (exact) mass is 499 g/mol. The number of rotatable bonds is 11. The van der Waals surface area contributed by atoms with Gasteiger partial charge in [0.2, 0.25) is 0 Å². The van der Waals surface area contributed by atoms with Crippen molar-refractivity contribution in [2.45, 2.75) is 36.8 Å². The first-order chi connectivity index (χ1) is 17.1. The van der Waals surface area contributed by atoms with Crippen LogP contribution < -0.4 is 4.74 Å². The zero-order valence-corrected chi connectivity index (χ0v) is 21.0. The van der Waals surface area contributed by atoms with Gasteiger partial charge in [-0.2, -0.15) is 0 Å². The number of piperidine rings is 1. The summed E-state index contributed by atoms with van der Waals surface area (Å²) in [5.41, 5.74) is 1.71. The summed E-state index contributed by atoms with van der Waals surface area (Å²) in [4.78, 5) is 10.9. The number of hydrogen-bond acceptors (Lipinski definition) is 7. The third kappa shape index (κ3) is 6.70. The minimum Gasteiger partial charge on any atom is -0.497 e. The molecule has 0 spiro atoms. The van der Waals surface area contributed by atoms with Gasteiger partial charge in [0, 0.05) is 36.7 Å². The van der Waals surface area contributed by atoms with E-state index in [-0.39, 0.29) is 18.3 Å². The first kappa shape index (κ1) is 25.8. The number of likely N-dealkylation sites (tertiary alicyclic amines) is 1. The number of methoxy groups -OCH3 is 1. The molecule has 3 atom stereocenters. The predicted octanol–water partition coefficient (Wildman–Crippen LogP) is 4.70. The molecule has 0 bridgehead atoms. The Morgan fingerprint density at radius 2 is 2.09 bits per heavy atom. The molecule has 0 saturated carbocycles. The number of aliphatic hydroxyl groups is 2. The van der Waals surface area contributed by atoms with E-state index in [2.05, 4.69) is 14.9 Å². The Hall–Kier alpha value is -2.26. The Morgan fingerprint density at radius 3 is 2.89 bits per heavy atom. The van der Waals surface area contributed by atoms with E-state index < -0.39 is 6.10 Å². The molecule has 3 aromatic rings. The van der Waals surface area contributed by atoms with Gasteiger partial charge in [-0.1, -0.05) is 0 Å². The molecule has 0 unspecified atom stereocenters. The van der Waals surface area contributed by atoms with Crippen molar-refractivity contribution in [3.8, 4) is 5.75 Å². The summed E-state index contributed by atoms with van der Waals surface area (Å²) in [5.74, 6) is 1.88. The molecule has 0 aliphatic carbocycles. The highest BCUT2D eigenvalue weighted by Gasteiger charge is 2.29. The van der Waals surface area contributed by atoms with Crippen molar-refractivity contribution in [1.82, 2.24) is 14.9 Å². The molecule has 4 rings (SSSR count). The van der Waals surface area contributed by atoms with Gasteiger partial charge in [0.1, 0.15) is 10.8 Å². The van der Waals surface area contributed by atoms with Crippen LogP contribution in [0.5, 0.6) is 5.75 Å². The van der Waals surface area contributed by atoms with E-state index in [0.717, 1.165) is 66.9 Å². The van der Waals surface area contributed by atoms with Gasteiger partial charge in [-0.3, -0.25) is 4.98 Å². The average molecular weight is 500 g/mol. The predicted molar refractivity (Wildman–Crippen MR) is 137 cm³/mol. The summed E-state index contributed by atoms with van der Waals surface area (Å²) >= 11 is 1.45. The lowest BCUT2D eigenvalue weighted by molar-refractivity contribution is 0.0581. The summed E-state index contributed by atoms with van der Waals surface area (Å²) in [5, 5.41) is 22.4. The highest BCUT2D eigenvalue weighted by molar-refractivity contribution is 7.99. The number of pyridine rings is 2. The van der Waals surface area contributed by atoms with E-state index in [1.165, 1.54) is 17.8 Å². The molecule has 1 aliphatic rings. The normalized spacial score (nSPS) is 19.7. The third-order valence-corrected chi connectivity index (χ3v) is 8.01. The van der Waals surface area contributed by atoms with Gasteiger partial charge in [-0.25, -0.2) is 9.37 Å². The summed E-state index contributed by atoms with van der Waals surface area (Å²) in [7, 11) is 1.63. The molecule has 1 aromatic carbocycles. The van der Waals surface area contributed by atoms with Crippen molar-refractivity contribution in [2.24, 2.45) is 11.8 Å². The highest BCUT2D eigenvalue weighted by atomic mass is 32.2. The lowest BCUT2D eigenvalue weighted by Gasteiger charge is -2.38. The zero-order valence-electron chi connectivity index (χ0n) is 20.1. The molecule has 3 heterocycles. The van der Waals surface area contributed by atoms with Gasteiger partial charge in [0.15, 0.2) is 5.82 Å². The fourth-order valence-electron chi connectivity index (χ4n) is 4.97. The molecule has 188 valence electrons. The number of benzene rings is 1. The van der Waals surface area contributed by atoms with E-state index in [0.29, 0.717) is 17.4 Å². The molecule has 1 fully saturated rings. The number of fused-ring (bicyclic) bond motifs is 1. The van der Waals surface area contributed by atoms with Gasteiger partial charge in [-0.05, 0) is 92.6 Å². The standard InChI is InChI=1S/C27H34FN3O3S/c1-34-21-6-7-25-23(16-21)22(9-12-29-25)26(33)8-5-19-10-14-31(17-20(19)18-32)13-3-15-35-27-24(28)4-2-11-30-27/h2,4,6-7,9,11-12,16,19-20,26,32-33H,3,5,8,10,13-15,17-18H2,1H3/t19-,20-,26+/m1/s1. The van der Waals surface area contributed by atoms with Crippen LogP contribution in [0.3, 0.4) is 0 Å². The van der Waals surface area contributed by atoms with Crippen LogP contribution in [0.1, 0.15) is 37.4 Å². The number of hydrogen-bond donors (Lipinski definition) is 2. The molecule has 0 amide bonds. The molecule has 6 nitrogen and oxygen atoms in total. The molecular formula is C27H34FN3O3S. The maximum atomic E-state index is 13.7. The Bertz CT molecular complexity index is 1100. The van der Waals surface area contributed by atoms with Crippen LogP contribution in [0.2, 0.25) is 0 Å². The number of halogens is 1. The topological polar surface area (TPSA) is 78.7 Å². The van der Waals surface area contributed by atoms with E-state index in [9.17, 15) is 14.6 Å². The van der Waals surface area contributed by atoms with Crippen LogP contribution in [0, 0.1) is 17.7 Å². The van der Waals surface area contributed by atoms with E-state index in [4.69, 9.17) is 4.74 Å². The summed E-state index contributed by atoms with van der Waals surface area (Å²) in [6.45, 7) is 2.92. The maximum Gasteiger partial charge on any atom is 0.155 e. The highest BCUT2D eigenvalue weighted by Crippen LogP contribution is 2.33. The van der Waals surface area contributed by atoms with Crippen LogP contribution >= 0.6 is 11.8 Å². The van der Waals surface area contributed by atoms with Crippen molar-refractivity contribution in [2.75, 3.05) is 39.1 Å². The van der Waals surface area contributed by atoms with E-state index in [1.54, 1.807) is 25.6 Å². The van der Waals surface area contributed by atoms with Crippen molar-refractivity contribution in [1.29, 1.82) is 0 Å². The first-order valence-electron chi connectivity index (χ1n) is 12.3. The van der Waals surface area contributed by atoms with Crippen LogP contribution in [-0.2, 0) is 0 Å². The van der Waals surface area contributed by atoms with Gasteiger partial charge >= 0.3 is 0 Å². The summed E-state index contributed by atoms with van der Waals surface area (Å²) in [6.07, 6.45) is 6.22. The van der Waals surface area contributed by atoms with Crippen molar-refractivity contribution >= 4 is 22.7 Å². The van der Waals surface area contributed by atoms with E-state index in [1.807, 2.05) is 24.3 Å². The Kier molecular flexibility index (Phi) is 9.31. The lowest BCUT2D eigenvalue weighted by atomic mass is 9.81. The van der Waals surface area contributed by atoms with Gasteiger partial charge < -0.3 is 19.8 Å². The number of thioether (sulfide) groups is 1. The first-order valence-corrected chi connectivity index (χ1v) is 13.2. The second-order valence-corrected chi connectivity index (χ2v) is 10.2. The van der Waals surface area contributed by atoms with Crippen LogP contribution in [-0.4, -0.2) is 64.2 Å². The van der Waals surface area contributed by atoms with Crippen LogP contribution in [0.4, 0.5) is 4.39 Å². The van der Waals surface area contributed by atoms with Crippen molar-refractivity contribution in [3.05, 3.63) is 60.2 Å². The number of nitrogens with zero attached hydrogens (tertiary/aromatic N) is 3. The second-order valence-electron chi connectivity index (χ2n) is 9.16. The van der Waals surface area contributed by atoms with E-state index >= 15 is 0 Å². The third-order valence-electron chi connectivity index (χ3n) is 6.94. The molecule has 2 aromatic heterocycles. The van der Waals surface area contributed by atoms with Crippen molar-refractivity contribution in [3.63, 3.8) is 0 Å². The average Bonchev–Trinajstić information content (AvgIpc) is 2.90. The van der Waals surface area contributed by atoms with Gasteiger partial charge in [0.05, 0.1) is 18.7 Å². The number of aromatic nitrogens is 2. The summed E-state index contributed by atoms with van der Waals surface area (Å²) in [6, 6.07) is 10.6. The van der Waals surface area contributed by atoms with Crippen LogP contribution in [0.15, 0.2) is 53.8 Å². The molecular weight excluding hydrogens is 465 g/mol. The largest absolute Gasteiger partial charge is 0.497 e. The Morgan fingerprint density at radius 1 is 1.20 bits per heavy atom. The molecule has 8 heteroatoms. The Balaban J connectivity index is 1.26. The van der Waals surface area contributed by atoms with Crippen molar-refractivity contribution < 1.29 is 19.3 Å². The van der Waals surface area contributed by atoms with Crippen LogP contribution in [0.25, 0.3) is 10.9 Å². The number of aliphatic hydroxyl groups excluding tert-OH is 2. The molecule has 35 heavy (non-hydrogen) atoms. The zero-order chi connectivity index (χ0) is 24.6. The van der Waals surface area contributed by atoms with Gasteiger partial charge in [0.25, 0.3) is 0 Å². The minimum absolute atomic E-state index is 0.153. The molecule has 1 aliphatic heterocycles. The molecule has 0 radical (unpaired) electrons. The smallest absolute Gasteiger partial charge is 0.155 e. The second kappa shape index (κ2) is 12.6. The summed E-state index contributed by atoms with van der Waals surface area (Å²) < 4.78 is 19.1. The Labute approximate surface area is 210 Å².